The van der Waals surface area contributed by atoms with E-state index in [1.54, 1.807) is 0 Å². The topological polar surface area (TPSA) is 6.25 Å². The van der Waals surface area contributed by atoms with Gasteiger partial charge in [-0.25, -0.2) is 4.58 Å². The fourth-order valence-electron chi connectivity index (χ4n) is 2.21. The molecule has 0 spiro atoms. The van der Waals surface area contributed by atoms with Crippen LogP contribution in [-0.2, 0) is 0 Å². The molecule has 2 unspecified atom stereocenters. The number of hydrogen-bond acceptors (Lipinski definition) is 1. The van der Waals surface area contributed by atoms with Crippen molar-refractivity contribution in [3.63, 3.8) is 0 Å². The monoisotopic (exact) mass is 169 g/mol. The molecule has 12 heavy (non-hydrogen) atoms. The molecule has 2 atom stereocenters. The van der Waals surface area contributed by atoms with Crippen molar-refractivity contribution < 1.29 is 4.58 Å². The Kier molecular flexibility index (Phi) is 3.27. The molecule has 0 aromatic rings. The average molecular weight is 169 g/mol. The third-order valence-corrected chi connectivity index (χ3v) is 2.92. The Balaban J connectivity index is 2.60. The third kappa shape index (κ3) is 2.07. The number of nitrogens with zero attached hydrogens (tertiary/aromatic N) is 2. The molecule has 1 saturated carbocycles. The van der Waals surface area contributed by atoms with Gasteiger partial charge in [-0.15, -0.1) is 0 Å². The summed E-state index contributed by atoms with van der Waals surface area (Å²) >= 11 is 0. The summed E-state index contributed by atoms with van der Waals surface area (Å²) in [5.74, 6) is 0. The molecule has 1 fully saturated rings. The lowest BCUT2D eigenvalue weighted by Crippen LogP contribution is -2.46. The van der Waals surface area contributed by atoms with Crippen LogP contribution in [0.2, 0.25) is 0 Å². The fourth-order valence-corrected chi connectivity index (χ4v) is 2.21. The van der Waals surface area contributed by atoms with Crippen LogP contribution in [0.15, 0.2) is 0 Å². The summed E-state index contributed by atoms with van der Waals surface area (Å²) in [6, 6.07) is 1.37. The van der Waals surface area contributed by atoms with Crippen molar-refractivity contribution in [2.24, 2.45) is 0 Å². The minimum atomic E-state index is 0.661. The Labute approximate surface area is 75.9 Å². The van der Waals surface area contributed by atoms with Crippen molar-refractivity contribution in [1.29, 1.82) is 0 Å². The smallest absolute Gasteiger partial charge is 0.167 e. The first-order valence-corrected chi connectivity index (χ1v) is 4.82. The molecule has 0 N–H and O–H groups in total. The highest BCUT2D eigenvalue weighted by Crippen LogP contribution is 2.22. The maximum absolute atomic E-state index is 4.00. The van der Waals surface area contributed by atoms with Gasteiger partial charge in [-0.3, -0.25) is 0 Å². The third-order valence-electron chi connectivity index (χ3n) is 2.92. The minimum absolute atomic E-state index is 0.661. The van der Waals surface area contributed by atoms with Crippen molar-refractivity contribution in [3.05, 3.63) is 0 Å². The van der Waals surface area contributed by atoms with Crippen LogP contribution in [0.25, 0.3) is 0 Å². The summed E-state index contributed by atoms with van der Waals surface area (Å²) < 4.78 is 2.13. The van der Waals surface area contributed by atoms with Gasteiger partial charge in [0.25, 0.3) is 0 Å². The van der Waals surface area contributed by atoms with Gasteiger partial charge >= 0.3 is 0 Å². The van der Waals surface area contributed by atoms with E-state index in [0.717, 1.165) is 0 Å². The van der Waals surface area contributed by atoms with Gasteiger partial charge in [-0.1, -0.05) is 6.42 Å². The molecule has 2 heteroatoms. The second-order valence-electron chi connectivity index (χ2n) is 4.14. The highest BCUT2D eigenvalue weighted by Gasteiger charge is 2.31. The van der Waals surface area contributed by atoms with Crippen LogP contribution in [0.1, 0.15) is 25.7 Å². The average Bonchev–Trinajstić information content (AvgIpc) is 2.04. The van der Waals surface area contributed by atoms with E-state index in [2.05, 4.69) is 37.3 Å². The van der Waals surface area contributed by atoms with Gasteiger partial charge in [0, 0.05) is 6.42 Å². The molecular weight excluding hydrogens is 148 g/mol. The van der Waals surface area contributed by atoms with Crippen molar-refractivity contribution in [2.75, 3.05) is 21.1 Å². The molecule has 0 bridgehead atoms. The van der Waals surface area contributed by atoms with E-state index in [4.69, 9.17) is 0 Å². The number of hydrogen-bond donors (Lipinski definition) is 0. The summed E-state index contributed by atoms with van der Waals surface area (Å²) in [7, 11) is 6.44. The molecule has 0 aromatic carbocycles. The van der Waals surface area contributed by atoms with Crippen LogP contribution >= 0.6 is 0 Å². The lowest BCUT2D eigenvalue weighted by atomic mass is 9.89. The van der Waals surface area contributed by atoms with Crippen molar-refractivity contribution in [1.82, 2.24) is 4.90 Å². The van der Waals surface area contributed by atoms with E-state index in [1.165, 1.54) is 25.7 Å². The first-order valence-electron chi connectivity index (χ1n) is 4.82. The highest BCUT2D eigenvalue weighted by molar-refractivity contribution is 5.14. The Morgan fingerprint density at radius 1 is 1.25 bits per heavy atom. The van der Waals surface area contributed by atoms with E-state index in [-0.39, 0.29) is 0 Å². The molecule has 2 nitrogen and oxygen atoms in total. The quantitative estimate of drug-likeness (QED) is 0.445. The second kappa shape index (κ2) is 4.04. The van der Waals surface area contributed by atoms with Gasteiger partial charge in [-0.05, 0) is 26.9 Å². The SMILES string of the molecule is C=[N+](C)C1CCCCC1N(C)C. The summed E-state index contributed by atoms with van der Waals surface area (Å²) in [5.41, 5.74) is 0. The van der Waals surface area contributed by atoms with Gasteiger partial charge < -0.3 is 4.90 Å². The Morgan fingerprint density at radius 3 is 2.25 bits per heavy atom. The summed E-state index contributed by atoms with van der Waals surface area (Å²) in [6.45, 7) is 4.00. The fraction of sp³-hybridized carbons (Fsp3) is 0.900. The molecule has 0 saturated heterocycles. The molecule has 0 heterocycles. The van der Waals surface area contributed by atoms with Gasteiger partial charge in [-0.2, -0.15) is 0 Å². The van der Waals surface area contributed by atoms with E-state index in [1.807, 2.05) is 0 Å². The molecule has 70 valence electrons. The van der Waals surface area contributed by atoms with Gasteiger partial charge in [0.05, 0.1) is 6.04 Å². The highest BCUT2D eigenvalue weighted by atomic mass is 15.2. The molecule has 0 aromatic heterocycles. The van der Waals surface area contributed by atoms with Crippen LogP contribution in [0, 0.1) is 0 Å². The normalized spacial score (nSPS) is 30.7. The zero-order valence-corrected chi connectivity index (χ0v) is 8.58. The van der Waals surface area contributed by atoms with Crippen molar-refractivity contribution in [2.45, 2.75) is 37.8 Å². The zero-order valence-electron chi connectivity index (χ0n) is 8.58. The van der Waals surface area contributed by atoms with Crippen LogP contribution in [-0.4, -0.2) is 49.4 Å². The Hall–Kier alpha value is -0.370. The molecule has 0 aliphatic heterocycles. The molecule has 0 amide bonds. The summed E-state index contributed by atoms with van der Waals surface area (Å²) in [4.78, 5) is 2.34. The first kappa shape index (κ1) is 9.72. The van der Waals surface area contributed by atoms with Gasteiger partial charge in [0.15, 0.2) is 6.04 Å². The summed E-state index contributed by atoms with van der Waals surface area (Å²) in [5, 5.41) is 0. The van der Waals surface area contributed by atoms with Gasteiger partial charge in [0.1, 0.15) is 13.8 Å². The first-order chi connectivity index (χ1) is 5.63. The molecule has 0 radical (unpaired) electrons. The maximum atomic E-state index is 4.00. The van der Waals surface area contributed by atoms with E-state index < -0.39 is 0 Å². The summed E-state index contributed by atoms with van der Waals surface area (Å²) in [6.07, 6.45) is 5.39. The number of likely N-dealkylation sites (N-methyl/N-ethyl adjacent to an activating group) is 2. The number of rotatable bonds is 2. The van der Waals surface area contributed by atoms with E-state index >= 15 is 0 Å². The van der Waals surface area contributed by atoms with Crippen molar-refractivity contribution >= 4 is 6.72 Å². The van der Waals surface area contributed by atoms with Crippen LogP contribution in [0.4, 0.5) is 0 Å². The van der Waals surface area contributed by atoms with Crippen LogP contribution in [0.5, 0.6) is 0 Å². The largest absolute Gasteiger partial charge is 0.300 e. The standard InChI is InChI=1S/C10H21N2/c1-11(2)9-7-5-6-8-10(9)12(3)4/h9-10H,1,5-8H2,2-4H3/q+1. The van der Waals surface area contributed by atoms with Crippen molar-refractivity contribution in [3.8, 4) is 0 Å². The molecule has 1 aliphatic rings. The zero-order chi connectivity index (χ0) is 9.14. The molecule has 1 aliphatic carbocycles. The Bertz CT molecular complexity index is 163. The molecule has 1 rings (SSSR count). The van der Waals surface area contributed by atoms with E-state index in [0.29, 0.717) is 12.1 Å². The molecular formula is C10H21N2+. The minimum Gasteiger partial charge on any atom is -0.300 e. The van der Waals surface area contributed by atoms with Crippen LogP contribution < -0.4 is 0 Å². The Morgan fingerprint density at radius 2 is 1.83 bits per heavy atom. The van der Waals surface area contributed by atoms with E-state index in [9.17, 15) is 0 Å². The lowest BCUT2D eigenvalue weighted by molar-refractivity contribution is -0.540. The van der Waals surface area contributed by atoms with Crippen LogP contribution in [0.3, 0.4) is 0 Å². The predicted octanol–water partition coefficient (Wildman–Crippen LogP) is 1.20. The van der Waals surface area contributed by atoms with Gasteiger partial charge in [0.2, 0.25) is 0 Å². The maximum Gasteiger partial charge on any atom is 0.167 e. The predicted molar refractivity (Wildman–Crippen MR) is 53.0 cm³/mol. The lowest BCUT2D eigenvalue weighted by Gasteiger charge is -2.32. The second-order valence-corrected chi connectivity index (χ2v) is 4.14.